The van der Waals surface area contributed by atoms with Gasteiger partial charge in [-0.2, -0.15) is 0 Å². The lowest BCUT2D eigenvalue weighted by atomic mass is 10.1. The quantitative estimate of drug-likeness (QED) is 0.874. The molecular formula is C13H22N2S. The first-order valence-electron chi connectivity index (χ1n) is 6.23. The molecule has 3 heteroatoms. The number of thiophene rings is 1. The second-order valence-corrected chi connectivity index (χ2v) is 6.14. The standard InChI is InChI=1S/C13H22N2S/c1-3-11-4-5-15(8-11)9-12-6-13(7-14)16-10(12)2/h6,11H,3-5,7-9,14H2,1-2H3. The Morgan fingerprint density at radius 2 is 2.38 bits per heavy atom. The molecule has 0 bridgehead atoms. The average molecular weight is 238 g/mol. The second-order valence-electron chi connectivity index (χ2n) is 4.80. The van der Waals surface area contributed by atoms with Crippen molar-refractivity contribution in [1.82, 2.24) is 4.90 Å². The predicted molar refractivity (Wildman–Crippen MR) is 70.6 cm³/mol. The summed E-state index contributed by atoms with van der Waals surface area (Å²) in [6.07, 6.45) is 2.70. The molecule has 1 unspecified atom stereocenters. The Morgan fingerprint density at radius 3 is 2.94 bits per heavy atom. The molecule has 0 amide bonds. The van der Waals surface area contributed by atoms with Crippen molar-refractivity contribution in [2.24, 2.45) is 11.7 Å². The third-order valence-corrected chi connectivity index (χ3v) is 4.73. The Kier molecular flexibility index (Phi) is 4.00. The molecule has 1 atom stereocenters. The molecule has 16 heavy (non-hydrogen) atoms. The Hall–Kier alpha value is -0.380. The Morgan fingerprint density at radius 1 is 1.56 bits per heavy atom. The monoisotopic (exact) mass is 238 g/mol. The largest absolute Gasteiger partial charge is 0.326 e. The first-order chi connectivity index (χ1) is 7.72. The van der Waals surface area contributed by atoms with Gasteiger partial charge in [0.15, 0.2) is 0 Å². The first-order valence-corrected chi connectivity index (χ1v) is 7.05. The van der Waals surface area contributed by atoms with Crippen molar-refractivity contribution >= 4 is 11.3 Å². The van der Waals surface area contributed by atoms with Crippen LogP contribution in [0.1, 0.15) is 35.1 Å². The molecule has 2 rings (SSSR count). The molecule has 0 aromatic carbocycles. The molecule has 0 aliphatic carbocycles. The van der Waals surface area contributed by atoms with Crippen LogP contribution < -0.4 is 5.73 Å². The number of nitrogens with two attached hydrogens (primary N) is 1. The summed E-state index contributed by atoms with van der Waals surface area (Å²) >= 11 is 1.85. The summed E-state index contributed by atoms with van der Waals surface area (Å²) < 4.78 is 0. The minimum Gasteiger partial charge on any atom is -0.326 e. The minimum atomic E-state index is 0.684. The third kappa shape index (κ3) is 2.65. The smallest absolute Gasteiger partial charge is 0.0274 e. The van der Waals surface area contributed by atoms with Crippen LogP contribution in [0.25, 0.3) is 0 Å². The lowest BCUT2D eigenvalue weighted by Crippen LogP contribution is -2.20. The van der Waals surface area contributed by atoms with E-state index in [1.54, 1.807) is 0 Å². The fourth-order valence-electron chi connectivity index (χ4n) is 2.48. The molecule has 1 aliphatic rings. The van der Waals surface area contributed by atoms with Crippen LogP contribution in [0.15, 0.2) is 6.07 Å². The zero-order chi connectivity index (χ0) is 11.5. The highest BCUT2D eigenvalue weighted by molar-refractivity contribution is 7.12. The van der Waals surface area contributed by atoms with Crippen molar-refractivity contribution < 1.29 is 0 Å². The van der Waals surface area contributed by atoms with Crippen LogP contribution in [0, 0.1) is 12.8 Å². The Labute approximate surface area is 102 Å². The lowest BCUT2D eigenvalue weighted by Gasteiger charge is -2.15. The maximum Gasteiger partial charge on any atom is 0.0274 e. The number of aryl methyl sites for hydroxylation is 1. The molecule has 2 N–H and O–H groups in total. The SMILES string of the molecule is CCC1CCN(Cc2cc(CN)sc2C)C1. The van der Waals surface area contributed by atoms with E-state index in [2.05, 4.69) is 24.8 Å². The van der Waals surface area contributed by atoms with Crippen LogP contribution in [-0.2, 0) is 13.1 Å². The number of likely N-dealkylation sites (tertiary alicyclic amines) is 1. The van der Waals surface area contributed by atoms with Gasteiger partial charge < -0.3 is 5.73 Å². The predicted octanol–water partition coefficient (Wildman–Crippen LogP) is 2.75. The molecule has 1 saturated heterocycles. The van der Waals surface area contributed by atoms with Crippen LogP contribution >= 0.6 is 11.3 Å². The van der Waals surface area contributed by atoms with Gasteiger partial charge in [-0.05, 0) is 37.4 Å². The van der Waals surface area contributed by atoms with Gasteiger partial charge in [0.05, 0.1) is 0 Å². The van der Waals surface area contributed by atoms with E-state index in [4.69, 9.17) is 5.73 Å². The molecule has 1 aromatic heterocycles. The van der Waals surface area contributed by atoms with E-state index < -0.39 is 0 Å². The van der Waals surface area contributed by atoms with Crippen LogP contribution in [-0.4, -0.2) is 18.0 Å². The third-order valence-electron chi connectivity index (χ3n) is 3.61. The Bertz CT molecular complexity index is 346. The fourth-order valence-corrected chi connectivity index (χ4v) is 3.41. The molecule has 0 saturated carbocycles. The van der Waals surface area contributed by atoms with E-state index >= 15 is 0 Å². The van der Waals surface area contributed by atoms with Gasteiger partial charge in [0.1, 0.15) is 0 Å². The van der Waals surface area contributed by atoms with Crippen LogP contribution in [0.4, 0.5) is 0 Å². The van der Waals surface area contributed by atoms with E-state index in [1.165, 1.54) is 41.2 Å². The molecule has 2 nitrogen and oxygen atoms in total. The number of hydrogen-bond acceptors (Lipinski definition) is 3. The maximum absolute atomic E-state index is 5.68. The summed E-state index contributed by atoms with van der Waals surface area (Å²) in [6.45, 7) is 8.88. The van der Waals surface area contributed by atoms with E-state index in [1.807, 2.05) is 11.3 Å². The van der Waals surface area contributed by atoms with Crippen molar-refractivity contribution in [1.29, 1.82) is 0 Å². The molecule has 2 heterocycles. The van der Waals surface area contributed by atoms with Gasteiger partial charge >= 0.3 is 0 Å². The topological polar surface area (TPSA) is 29.3 Å². The first kappa shape index (κ1) is 12.1. The highest BCUT2D eigenvalue weighted by Gasteiger charge is 2.21. The van der Waals surface area contributed by atoms with Gasteiger partial charge in [0.25, 0.3) is 0 Å². The minimum absolute atomic E-state index is 0.684. The summed E-state index contributed by atoms with van der Waals surface area (Å²) in [7, 11) is 0. The molecular weight excluding hydrogens is 216 g/mol. The van der Waals surface area contributed by atoms with Gasteiger partial charge in [0.2, 0.25) is 0 Å². The molecule has 0 radical (unpaired) electrons. The second kappa shape index (κ2) is 5.30. The van der Waals surface area contributed by atoms with E-state index in [0.717, 1.165) is 12.5 Å². The molecule has 1 aromatic rings. The van der Waals surface area contributed by atoms with Crippen molar-refractivity contribution in [3.05, 3.63) is 21.4 Å². The number of rotatable bonds is 4. The van der Waals surface area contributed by atoms with E-state index in [0.29, 0.717) is 6.54 Å². The summed E-state index contributed by atoms with van der Waals surface area (Å²) in [5, 5.41) is 0. The van der Waals surface area contributed by atoms with Crippen LogP contribution in [0.2, 0.25) is 0 Å². The Balaban J connectivity index is 1.96. The van der Waals surface area contributed by atoms with E-state index in [9.17, 15) is 0 Å². The van der Waals surface area contributed by atoms with Crippen molar-refractivity contribution in [3.63, 3.8) is 0 Å². The van der Waals surface area contributed by atoms with Gasteiger partial charge in [-0.3, -0.25) is 4.90 Å². The average Bonchev–Trinajstić information content (AvgIpc) is 2.87. The van der Waals surface area contributed by atoms with Crippen molar-refractivity contribution in [2.45, 2.75) is 39.8 Å². The zero-order valence-corrected chi connectivity index (χ0v) is 11.1. The maximum atomic E-state index is 5.68. The normalized spacial score (nSPS) is 21.8. The number of hydrogen-bond donors (Lipinski definition) is 1. The van der Waals surface area contributed by atoms with Gasteiger partial charge in [-0.15, -0.1) is 11.3 Å². The fraction of sp³-hybridized carbons (Fsp3) is 0.692. The van der Waals surface area contributed by atoms with Crippen LogP contribution in [0.3, 0.4) is 0 Å². The van der Waals surface area contributed by atoms with E-state index in [-0.39, 0.29) is 0 Å². The highest BCUT2D eigenvalue weighted by atomic mass is 32.1. The lowest BCUT2D eigenvalue weighted by molar-refractivity contribution is 0.315. The van der Waals surface area contributed by atoms with Gasteiger partial charge in [-0.1, -0.05) is 13.3 Å². The molecule has 90 valence electrons. The summed E-state index contributed by atoms with van der Waals surface area (Å²) in [4.78, 5) is 5.35. The molecule has 1 aliphatic heterocycles. The number of nitrogens with zero attached hydrogens (tertiary/aromatic N) is 1. The van der Waals surface area contributed by atoms with Crippen molar-refractivity contribution in [3.8, 4) is 0 Å². The zero-order valence-electron chi connectivity index (χ0n) is 10.3. The summed E-state index contributed by atoms with van der Waals surface area (Å²) in [5.74, 6) is 0.924. The van der Waals surface area contributed by atoms with Gasteiger partial charge in [0, 0.05) is 29.4 Å². The highest BCUT2D eigenvalue weighted by Crippen LogP contribution is 2.26. The molecule has 1 fully saturated rings. The van der Waals surface area contributed by atoms with Gasteiger partial charge in [-0.25, -0.2) is 0 Å². The summed E-state index contributed by atoms with van der Waals surface area (Å²) in [6, 6.07) is 2.29. The van der Waals surface area contributed by atoms with Crippen molar-refractivity contribution in [2.75, 3.05) is 13.1 Å². The van der Waals surface area contributed by atoms with Crippen LogP contribution in [0.5, 0.6) is 0 Å². The molecule has 0 spiro atoms. The summed E-state index contributed by atoms with van der Waals surface area (Å²) in [5.41, 5.74) is 7.17.